The van der Waals surface area contributed by atoms with Gasteiger partial charge in [-0.3, -0.25) is 14.9 Å². The number of sulfone groups is 1. The molecule has 9 heteroatoms. The van der Waals surface area contributed by atoms with Gasteiger partial charge in [-0.05, 0) is 18.2 Å². The molecule has 1 aromatic heterocycles. The summed E-state index contributed by atoms with van der Waals surface area (Å²) in [5.41, 5.74) is -0.406. The van der Waals surface area contributed by atoms with Crippen LogP contribution in [0.3, 0.4) is 0 Å². The van der Waals surface area contributed by atoms with Crippen LogP contribution in [-0.2, 0) is 9.84 Å². The van der Waals surface area contributed by atoms with Gasteiger partial charge in [-0.2, -0.15) is 0 Å². The van der Waals surface area contributed by atoms with Crippen molar-refractivity contribution >= 4 is 21.8 Å². The lowest BCUT2D eigenvalue weighted by Gasteiger charge is -2.07. The highest BCUT2D eigenvalue weighted by atomic mass is 32.2. The molecule has 1 aromatic carbocycles. The van der Waals surface area contributed by atoms with Crippen molar-refractivity contribution in [3.8, 4) is 5.75 Å². The third-order valence-corrected chi connectivity index (χ3v) is 4.28. The Morgan fingerprint density at radius 2 is 2.00 bits per heavy atom. The van der Waals surface area contributed by atoms with E-state index in [-0.39, 0.29) is 11.5 Å². The van der Waals surface area contributed by atoms with Gasteiger partial charge in [0.1, 0.15) is 10.6 Å². The molecule has 21 heavy (non-hydrogen) atoms. The fraction of sp³-hybridized carbons (Fsp3) is 0.0833. The summed E-state index contributed by atoms with van der Waals surface area (Å²) in [6.07, 6.45) is 0.351. The first-order valence-corrected chi connectivity index (χ1v) is 7.01. The Hall–Kier alpha value is -2.68. The van der Waals surface area contributed by atoms with E-state index in [4.69, 9.17) is 9.15 Å². The smallest absolute Gasteiger partial charge is 0.271 e. The lowest BCUT2D eigenvalue weighted by molar-refractivity contribution is -0.385. The van der Waals surface area contributed by atoms with Crippen molar-refractivity contribution in [3.63, 3.8) is 0 Å². The zero-order valence-electron chi connectivity index (χ0n) is 10.7. The Balaban J connectivity index is 2.65. The predicted molar refractivity (Wildman–Crippen MR) is 69.2 cm³/mol. The molecule has 0 saturated carbocycles. The van der Waals surface area contributed by atoms with E-state index in [1.54, 1.807) is 0 Å². The minimum absolute atomic E-state index is 0.0651. The highest BCUT2D eigenvalue weighted by molar-refractivity contribution is 7.91. The van der Waals surface area contributed by atoms with Crippen LogP contribution in [0.2, 0.25) is 0 Å². The van der Waals surface area contributed by atoms with E-state index in [9.17, 15) is 23.3 Å². The Labute approximate surface area is 119 Å². The SMILES string of the molecule is COc1ccc([N+](=O)[O-])cc1S(=O)(=O)c1ccc(C=O)o1. The Bertz CT molecular complexity index is 807. The third-order valence-electron chi connectivity index (χ3n) is 2.63. The van der Waals surface area contributed by atoms with E-state index < -0.39 is 30.4 Å². The second-order valence-corrected chi connectivity index (χ2v) is 5.72. The van der Waals surface area contributed by atoms with Gasteiger partial charge in [-0.15, -0.1) is 0 Å². The monoisotopic (exact) mass is 311 g/mol. The number of nitrogens with zero attached hydrogens (tertiary/aromatic N) is 1. The van der Waals surface area contributed by atoms with E-state index >= 15 is 0 Å². The van der Waals surface area contributed by atoms with Crippen LogP contribution in [0.4, 0.5) is 5.69 Å². The quantitative estimate of drug-likeness (QED) is 0.469. The number of aldehydes is 1. The second kappa shape index (κ2) is 5.37. The number of furan rings is 1. The van der Waals surface area contributed by atoms with Crippen molar-refractivity contribution < 1.29 is 27.3 Å². The minimum atomic E-state index is -4.18. The fourth-order valence-corrected chi connectivity index (χ4v) is 3.00. The van der Waals surface area contributed by atoms with E-state index in [0.29, 0.717) is 6.29 Å². The highest BCUT2D eigenvalue weighted by Gasteiger charge is 2.28. The highest BCUT2D eigenvalue weighted by Crippen LogP contribution is 2.33. The summed E-state index contributed by atoms with van der Waals surface area (Å²) in [5, 5.41) is 10.3. The van der Waals surface area contributed by atoms with Crippen molar-refractivity contribution in [3.05, 3.63) is 46.2 Å². The molecule has 1 heterocycles. The Morgan fingerprint density at radius 1 is 1.29 bits per heavy atom. The van der Waals surface area contributed by atoms with Crippen LogP contribution in [0.1, 0.15) is 10.6 Å². The molecular weight excluding hydrogens is 302 g/mol. The average molecular weight is 311 g/mol. The summed E-state index contributed by atoms with van der Waals surface area (Å²) in [4.78, 5) is 20.2. The number of benzene rings is 1. The number of methoxy groups -OCH3 is 1. The van der Waals surface area contributed by atoms with Crippen molar-refractivity contribution in [2.75, 3.05) is 7.11 Å². The topological polar surface area (TPSA) is 117 Å². The van der Waals surface area contributed by atoms with Crippen molar-refractivity contribution in [2.24, 2.45) is 0 Å². The standard InChI is InChI=1S/C12H9NO7S/c1-19-10-4-2-8(13(15)16)6-11(10)21(17,18)12-5-3-9(7-14)20-12/h2-7H,1H3. The number of hydrogen-bond acceptors (Lipinski definition) is 7. The molecule has 2 aromatic rings. The molecule has 0 radical (unpaired) electrons. The summed E-state index contributed by atoms with van der Waals surface area (Å²) in [5.74, 6) is -0.234. The van der Waals surface area contributed by atoms with Gasteiger partial charge in [0.15, 0.2) is 12.0 Å². The molecule has 0 fully saturated rings. The average Bonchev–Trinajstić information content (AvgIpc) is 2.96. The van der Waals surface area contributed by atoms with Crippen LogP contribution >= 0.6 is 0 Å². The van der Waals surface area contributed by atoms with E-state index in [2.05, 4.69) is 0 Å². The van der Waals surface area contributed by atoms with Gasteiger partial charge in [-0.25, -0.2) is 8.42 Å². The van der Waals surface area contributed by atoms with Gasteiger partial charge in [0.2, 0.25) is 14.9 Å². The van der Waals surface area contributed by atoms with Crippen molar-refractivity contribution in [1.29, 1.82) is 0 Å². The first-order chi connectivity index (χ1) is 9.90. The maximum atomic E-state index is 12.4. The van der Waals surface area contributed by atoms with E-state index in [0.717, 1.165) is 18.2 Å². The molecular formula is C12H9NO7S. The maximum absolute atomic E-state index is 12.4. The number of ether oxygens (including phenoxy) is 1. The van der Waals surface area contributed by atoms with Gasteiger partial charge in [0.05, 0.1) is 12.0 Å². The number of hydrogen-bond donors (Lipinski definition) is 0. The molecule has 0 aliphatic heterocycles. The number of carbonyl (C=O) groups excluding carboxylic acids is 1. The molecule has 0 aliphatic rings. The normalized spacial score (nSPS) is 11.1. The Morgan fingerprint density at radius 3 is 2.52 bits per heavy atom. The first kappa shape index (κ1) is 14.7. The first-order valence-electron chi connectivity index (χ1n) is 5.52. The predicted octanol–water partition coefficient (Wildman–Crippen LogP) is 1.84. The number of non-ortho nitro benzene ring substituents is 1. The molecule has 0 saturated heterocycles. The van der Waals surface area contributed by atoms with Crippen LogP contribution < -0.4 is 4.74 Å². The summed E-state index contributed by atoms with van der Waals surface area (Å²) < 4.78 is 34.6. The van der Waals surface area contributed by atoms with Crippen LogP contribution in [0, 0.1) is 10.1 Å². The number of rotatable bonds is 5. The number of nitro groups is 1. The summed E-state index contributed by atoms with van der Waals surface area (Å²) in [6.45, 7) is 0. The van der Waals surface area contributed by atoms with E-state index in [1.807, 2.05) is 0 Å². The molecule has 8 nitrogen and oxygen atoms in total. The number of nitro benzene ring substituents is 1. The van der Waals surface area contributed by atoms with Gasteiger partial charge >= 0.3 is 0 Å². The lowest BCUT2D eigenvalue weighted by atomic mass is 10.3. The van der Waals surface area contributed by atoms with Gasteiger partial charge in [0, 0.05) is 12.1 Å². The molecule has 0 N–H and O–H groups in total. The third kappa shape index (κ3) is 2.63. The molecule has 110 valence electrons. The number of carbonyl (C=O) groups is 1. The molecule has 0 amide bonds. The Kier molecular flexibility index (Phi) is 3.76. The van der Waals surface area contributed by atoms with Crippen molar-refractivity contribution in [2.45, 2.75) is 9.99 Å². The second-order valence-electron chi connectivity index (χ2n) is 3.87. The van der Waals surface area contributed by atoms with Crippen LogP contribution in [0.25, 0.3) is 0 Å². The molecule has 0 spiro atoms. The van der Waals surface area contributed by atoms with Gasteiger partial charge < -0.3 is 9.15 Å². The zero-order chi connectivity index (χ0) is 15.6. The summed E-state index contributed by atoms with van der Waals surface area (Å²) in [6, 6.07) is 5.45. The molecule has 0 atom stereocenters. The van der Waals surface area contributed by atoms with Crippen LogP contribution in [0.15, 0.2) is 44.7 Å². The maximum Gasteiger partial charge on any atom is 0.271 e. The largest absolute Gasteiger partial charge is 0.495 e. The zero-order valence-corrected chi connectivity index (χ0v) is 11.5. The summed E-state index contributed by atoms with van der Waals surface area (Å²) >= 11 is 0. The van der Waals surface area contributed by atoms with Crippen molar-refractivity contribution in [1.82, 2.24) is 0 Å². The minimum Gasteiger partial charge on any atom is -0.495 e. The van der Waals surface area contributed by atoms with E-state index in [1.165, 1.54) is 19.2 Å². The molecule has 0 unspecified atom stereocenters. The fourth-order valence-electron chi connectivity index (χ4n) is 1.64. The molecule has 2 rings (SSSR count). The molecule has 0 bridgehead atoms. The lowest BCUT2D eigenvalue weighted by Crippen LogP contribution is -2.04. The molecule has 0 aliphatic carbocycles. The summed E-state index contributed by atoms with van der Waals surface area (Å²) in [7, 11) is -2.95. The van der Waals surface area contributed by atoms with Gasteiger partial charge in [0.25, 0.3) is 5.69 Å². The van der Waals surface area contributed by atoms with Crippen LogP contribution in [0.5, 0.6) is 5.75 Å². The van der Waals surface area contributed by atoms with Crippen LogP contribution in [-0.4, -0.2) is 26.7 Å². The van der Waals surface area contributed by atoms with Gasteiger partial charge in [-0.1, -0.05) is 0 Å².